The third kappa shape index (κ3) is 5.82. The maximum Gasteiger partial charge on any atom is 0.0554 e. The molecule has 9 aromatic rings. The van der Waals surface area contributed by atoms with Crippen molar-refractivity contribution in [2.24, 2.45) is 0 Å². The molecule has 0 saturated heterocycles. The summed E-state index contributed by atoms with van der Waals surface area (Å²) in [5.74, 6) is 0. The van der Waals surface area contributed by atoms with E-state index in [2.05, 4.69) is 205 Å². The molecule has 1 aliphatic rings. The first-order valence-electron chi connectivity index (χ1n) is 18.7. The van der Waals surface area contributed by atoms with Crippen LogP contribution in [-0.4, -0.2) is 0 Å². The molecule has 1 aliphatic carbocycles. The van der Waals surface area contributed by atoms with E-state index in [1.807, 2.05) is 11.3 Å². The molecule has 0 amide bonds. The van der Waals surface area contributed by atoms with Gasteiger partial charge in [-0.1, -0.05) is 158 Å². The van der Waals surface area contributed by atoms with Gasteiger partial charge in [0.15, 0.2) is 0 Å². The van der Waals surface area contributed by atoms with E-state index in [4.69, 9.17) is 0 Å². The molecule has 8 aromatic carbocycles. The molecular weight excluding hydrogens is 671 g/mol. The summed E-state index contributed by atoms with van der Waals surface area (Å²) in [6.45, 7) is 0. The van der Waals surface area contributed by atoms with E-state index in [0.717, 1.165) is 24.2 Å². The van der Waals surface area contributed by atoms with Gasteiger partial charge in [-0.3, -0.25) is 0 Å². The minimum Gasteiger partial charge on any atom is -0.310 e. The number of benzene rings is 8. The molecule has 0 aliphatic heterocycles. The summed E-state index contributed by atoms with van der Waals surface area (Å²) in [6, 6.07) is 70.8. The highest BCUT2D eigenvalue weighted by Gasteiger charge is 2.21. The number of rotatable bonds is 7. The average Bonchev–Trinajstić information content (AvgIpc) is 3.64. The van der Waals surface area contributed by atoms with Crippen molar-refractivity contribution in [3.8, 4) is 22.3 Å². The van der Waals surface area contributed by atoms with E-state index in [-0.39, 0.29) is 0 Å². The van der Waals surface area contributed by atoms with Gasteiger partial charge in [0.25, 0.3) is 0 Å². The number of thiophene rings is 1. The Morgan fingerprint density at radius 2 is 1.13 bits per heavy atom. The maximum absolute atomic E-state index is 2.42. The molecule has 0 saturated carbocycles. The molecule has 0 unspecified atom stereocenters. The molecule has 0 radical (unpaired) electrons. The minimum absolute atomic E-state index is 1.06. The Labute approximate surface area is 320 Å². The van der Waals surface area contributed by atoms with Gasteiger partial charge in [-0.05, 0) is 105 Å². The van der Waals surface area contributed by atoms with Crippen LogP contribution in [0.1, 0.15) is 27.8 Å². The van der Waals surface area contributed by atoms with Gasteiger partial charge in [-0.2, -0.15) is 0 Å². The zero-order chi connectivity index (χ0) is 35.8. The van der Waals surface area contributed by atoms with Crippen molar-refractivity contribution in [1.82, 2.24) is 0 Å². The van der Waals surface area contributed by atoms with Crippen molar-refractivity contribution >= 4 is 60.2 Å². The number of nitrogens with zero attached hydrogens (tertiary/aromatic N) is 1. The predicted molar refractivity (Wildman–Crippen MR) is 232 cm³/mol. The second-order valence-electron chi connectivity index (χ2n) is 14.0. The van der Waals surface area contributed by atoms with E-state index >= 15 is 0 Å². The lowest BCUT2D eigenvalue weighted by Crippen LogP contribution is -2.09. The smallest absolute Gasteiger partial charge is 0.0554 e. The van der Waals surface area contributed by atoms with Gasteiger partial charge in [0, 0.05) is 37.1 Å². The van der Waals surface area contributed by atoms with E-state index in [9.17, 15) is 0 Å². The topological polar surface area (TPSA) is 3.24 Å². The Bertz CT molecular complexity index is 2760. The summed E-state index contributed by atoms with van der Waals surface area (Å²) in [7, 11) is 0. The molecule has 1 aromatic heterocycles. The standard InChI is InChI=1S/C52H37NS/c1-4-14-37(15-5-1)38-27-29-40(30-28-38)48(35-36-26-33-45-41(34-36)32-31-39-16-10-11-21-44(39)45)46-22-12-23-47-51-49(24-13-25-50(51)54-52(46)47)53(42-17-6-2-7-18-42)43-19-8-3-9-20-43/h1-30,33-35H,31-32H2/b48-35-. The summed E-state index contributed by atoms with van der Waals surface area (Å²) in [4.78, 5) is 2.39. The highest BCUT2D eigenvalue weighted by atomic mass is 32.1. The van der Waals surface area contributed by atoms with Gasteiger partial charge < -0.3 is 4.90 Å². The molecule has 1 heterocycles. The molecule has 10 rings (SSSR count). The number of aryl methyl sites for hydroxylation is 2. The highest BCUT2D eigenvalue weighted by molar-refractivity contribution is 7.26. The number of para-hydroxylation sites is 2. The quantitative estimate of drug-likeness (QED) is 0.149. The number of hydrogen-bond donors (Lipinski definition) is 0. The molecule has 256 valence electrons. The van der Waals surface area contributed by atoms with Crippen molar-refractivity contribution in [3.05, 3.63) is 222 Å². The maximum atomic E-state index is 2.42. The fraction of sp³-hybridized carbons (Fsp3) is 0.0385. The lowest BCUT2D eigenvalue weighted by molar-refractivity contribution is 0.941. The minimum atomic E-state index is 1.06. The van der Waals surface area contributed by atoms with Gasteiger partial charge in [0.2, 0.25) is 0 Å². The summed E-state index contributed by atoms with van der Waals surface area (Å²) >= 11 is 1.89. The largest absolute Gasteiger partial charge is 0.310 e. The Morgan fingerprint density at radius 1 is 0.500 bits per heavy atom. The average molecular weight is 708 g/mol. The molecule has 0 spiro atoms. The van der Waals surface area contributed by atoms with Crippen molar-refractivity contribution in [2.45, 2.75) is 12.8 Å². The van der Waals surface area contributed by atoms with E-state index in [1.54, 1.807) is 0 Å². The molecule has 0 fully saturated rings. The molecule has 2 heteroatoms. The lowest BCUT2D eigenvalue weighted by Gasteiger charge is -2.26. The molecule has 0 atom stereocenters. The zero-order valence-corrected chi connectivity index (χ0v) is 30.6. The van der Waals surface area contributed by atoms with Crippen LogP contribution in [-0.2, 0) is 12.8 Å². The fourth-order valence-electron chi connectivity index (χ4n) is 8.21. The normalized spacial score (nSPS) is 12.4. The third-order valence-electron chi connectivity index (χ3n) is 10.8. The Morgan fingerprint density at radius 3 is 1.89 bits per heavy atom. The SMILES string of the molecule is C(=C(\c1ccc(-c2ccccc2)cc1)c1cccc2c1sc1cccc(N(c3ccccc3)c3ccccc3)c12)/c1ccc2c(c1)CCc1ccccc1-2. The van der Waals surface area contributed by atoms with Gasteiger partial charge >= 0.3 is 0 Å². The molecule has 0 N–H and O–H groups in total. The second kappa shape index (κ2) is 13.8. The van der Waals surface area contributed by atoms with Crippen LogP contribution in [0.4, 0.5) is 17.1 Å². The van der Waals surface area contributed by atoms with Crippen LogP contribution in [0.15, 0.2) is 194 Å². The predicted octanol–water partition coefficient (Wildman–Crippen LogP) is 14.5. The third-order valence-corrected chi connectivity index (χ3v) is 12.0. The van der Waals surface area contributed by atoms with Crippen LogP contribution in [0.2, 0.25) is 0 Å². The number of anilines is 3. The number of fused-ring (bicyclic) bond motifs is 6. The summed E-state index contributed by atoms with van der Waals surface area (Å²) < 4.78 is 2.57. The van der Waals surface area contributed by atoms with Crippen LogP contribution >= 0.6 is 11.3 Å². The van der Waals surface area contributed by atoms with Crippen molar-refractivity contribution < 1.29 is 0 Å². The summed E-state index contributed by atoms with van der Waals surface area (Å²) in [5.41, 5.74) is 16.4. The van der Waals surface area contributed by atoms with Crippen molar-refractivity contribution in [3.63, 3.8) is 0 Å². The first kappa shape index (κ1) is 32.2. The Hall–Kier alpha value is -6.48. The van der Waals surface area contributed by atoms with Gasteiger partial charge in [-0.15, -0.1) is 11.3 Å². The lowest BCUT2D eigenvalue weighted by atomic mass is 9.84. The first-order chi connectivity index (χ1) is 26.8. The number of hydrogen-bond acceptors (Lipinski definition) is 2. The summed E-state index contributed by atoms with van der Waals surface area (Å²) in [5, 5.41) is 2.55. The van der Waals surface area contributed by atoms with Gasteiger partial charge in [0.05, 0.1) is 5.69 Å². The van der Waals surface area contributed by atoms with E-state index in [0.29, 0.717) is 0 Å². The second-order valence-corrected chi connectivity index (χ2v) is 15.1. The van der Waals surface area contributed by atoms with Crippen LogP contribution < -0.4 is 4.90 Å². The zero-order valence-electron chi connectivity index (χ0n) is 29.8. The van der Waals surface area contributed by atoms with Crippen molar-refractivity contribution in [1.29, 1.82) is 0 Å². The van der Waals surface area contributed by atoms with Crippen LogP contribution in [0, 0.1) is 0 Å². The van der Waals surface area contributed by atoms with Crippen LogP contribution in [0.3, 0.4) is 0 Å². The van der Waals surface area contributed by atoms with E-state index < -0.39 is 0 Å². The first-order valence-corrected chi connectivity index (χ1v) is 19.5. The van der Waals surface area contributed by atoms with Crippen LogP contribution in [0.5, 0.6) is 0 Å². The van der Waals surface area contributed by atoms with E-state index in [1.165, 1.54) is 81.5 Å². The van der Waals surface area contributed by atoms with Gasteiger partial charge in [0.1, 0.15) is 0 Å². The monoisotopic (exact) mass is 707 g/mol. The molecule has 54 heavy (non-hydrogen) atoms. The molecule has 1 nitrogen and oxygen atoms in total. The summed E-state index contributed by atoms with van der Waals surface area (Å²) in [6.07, 6.45) is 4.55. The highest BCUT2D eigenvalue weighted by Crippen LogP contribution is 2.47. The molecular formula is C52H37NS. The van der Waals surface area contributed by atoms with Crippen molar-refractivity contribution in [2.75, 3.05) is 4.90 Å². The fourth-order valence-corrected chi connectivity index (χ4v) is 9.46. The van der Waals surface area contributed by atoms with Gasteiger partial charge in [-0.25, -0.2) is 0 Å². The Kier molecular flexibility index (Phi) is 8.24. The van der Waals surface area contributed by atoms with Crippen LogP contribution in [0.25, 0.3) is 54.1 Å². The molecule has 0 bridgehead atoms. The Balaban J connectivity index is 1.16.